The van der Waals surface area contributed by atoms with E-state index in [4.69, 9.17) is 8.83 Å². The summed E-state index contributed by atoms with van der Waals surface area (Å²) in [5, 5.41) is 0. The van der Waals surface area contributed by atoms with E-state index in [1.165, 1.54) is 24.3 Å². The van der Waals surface area contributed by atoms with Gasteiger partial charge in [-0.1, -0.05) is 0 Å². The number of benzene rings is 2. The van der Waals surface area contributed by atoms with Gasteiger partial charge in [-0.2, -0.15) is 0 Å². The van der Waals surface area contributed by atoms with Crippen molar-refractivity contribution in [2.75, 3.05) is 0 Å². The van der Waals surface area contributed by atoms with Crippen LogP contribution in [0.3, 0.4) is 0 Å². The summed E-state index contributed by atoms with van der Waals surface area (Å²) in [6.07, 6.45) is 0. The first kappa shape index (κ1) is 16.2. The third-order valence-electron chi connectivity index (χ3n) is 3.91. The largest absolute Gasteiger partial charge is 0.437 e. The van der Waals surface area contributed by atoms with Crippen molar-refractivity contribution < 1.29 is 17.6 Å². The minimum Gasteiger partial charge on any atom is -0.437 e. The van der Waals surface area contributed by atoms with Crippen molar-refractivity contribution in [2.45, 2.75) is 13.8 Å². The Kier molecular flexibility index (Phi) is 3.88. The molecule has 0 aliphatic heterocycles. The molecule has 0 saturated heterocycles. The number of nitrogens with zero attached hydrogens (tertiary/aromatic N) is 2. The molecule has 2 aromatic carbocycles. The van der Waals surface area contributed by atoms with E-state index >= 15 is 0 Å². The number of hydrogen-bond acceptors (Lipinski definition) is 4. The molecule has 2 aromatic heterocycles. The van der Waals surface area contributed by atoms with Crippen molar-refractivity contribution in [2.24, 2.45) is 0 Å². The van der Waals surface area contributed by atoms with Crippen LogP contribution < -0.4 is 0 Å². The molecule has 4 rings (SSSR count). The monoisotopic (exact) mass is 352 g/mol. The van der Waals surface area contributed by atoms with Crippen molar-refractivity contribution in [1.82, 2.24) is 9.97 Å². The van der Waals surface area contributed by atoms with E-state index in [9.17, 15) is 8.78 Å². The van der Waals surface area contributed by atoms with Crippen LogP contribution in [0.15, 0.2) is 57.4 Å². The molecule has 0 aliphatic carbocycles. The summed E-state index contributed by atoms with van der Waals surface area (Å²) in [5.74, 6) is 1.01. The van der Waals surface area contributed by atoms with Crippen LogP contribution in [0.2, 0.25) is 0 Å². The number of hydrogen-bond donors (Lipinski definition) is 0. The highest BCUT2D eigenvalue weighted by Gasteiger charge is 2.24. The number of oxazole rings is 2. The lowest BCUT2D eigenvalue weighted by Crippen LogP contribution is -1.86. The first-order chi connectivity index (χ1) is 12.5. The maximum absolute atomic E-state index is 13.2. The molecule has 6 heteroatoms. The summed E-state index contributed by atoms with van der Waals surface area (Å²) in [5.41, 5.74) is 2.44. The lowest BCUT2D eigenvalue weighted by Gasteiger charge is -2.02. The van der Waals surface area contributed by atoms with Gasteiger partial charge in [0.15, 0.2) is 23.3 Å². The predicted octanol–water partition coefficient (Wildman–Crippen LogP) is 5.56. The van der Waals surface area contributed by atoms with E-state index in [0.29, 0.717) is 45.8 Å². The van der Waals surface area contributed by atoms with Crippen LogP contribution in [0.1, 0.15) is 11.8 Å². The Morgan fingerprint density at radius 1 is 0.615 bits per heavy atom. The summed E-state index contributed by atoms with van der Waals surface area (Å²) in [6.45, 7) is 3.44. The molecule has 0 spiro atoms. The van der Waals surface area contributed by atoms with Gasteiger partial charge in [-0.05, 0) is 48.5 Å². The normalized spacial score (nSPS) is 11.1. The van der Waals surface area contributed by atoms with Gasteiger partial charge >= 0.3 is 0 Å². The second-order valence-corrected chi connectivity index (χ2v) is 5.84. The van der Waals surface area contributed by atoms with E-state index in [2.05, 4.69) is 9.97 Å². The molecule has 0 N–H and O–H groups in total. The number of aromatic nitrogens is 2. The molecule has 0 radical (unpaired) electrons. The molecule has 0 saturated carbocycles. The number of aryl methyl sites for hydroxylation is 2. The van der Waals surface area contributed by atoms with Crippen molar-refractivity contribution in [1.29, 1.82) is 0 Å². The molecule has 0 bridgehead atoms. The third-order valence-corrected chi connectivity index (χ3v) is 3.91. The molecular formula is C20H14F2N2O2. The van der Waals surface area contributed by atoms with Gasteiger partial charge in [-0.15, -0.1) is 0 Å². The molecule has 4 aromatic rings. The molecule has 2 heterocycles. The maximum Gasteiger partial charge on any atom is 0.200 e. The average molecular weight is 352 g/mol. The highest BCUT2D eigenvalue weighted by molar-refractivity contribution is 5.82. The van der Waals surface area contributed by atoms with Crippen LogP contribution in [0, 0.1) is 25.5 Å². The van der Waals surface area contributed by atoms with Crippen LogP contribution in [0.25, 0.3) is 34.0 Å². The Morgan fingerprint density at radius 2 is 0.962 bits per heavy atom. The summed E-state index contributed by atoms with van der Waals surface area (Å²) in [4.78, 5) is 8.82. The van der Waals surface area contributed by atoms with Gasteiger partial charge in [0, 0.05) is 25.0 Å². The molecule has 0 amide bonds. The van der Waals surface area contributed by atoms with Gasteiger partial charge in [0.25, 0.3) is 0 Å². The average Bonchev–Trinajstić information content (AvgIpc) is 3.19. The Hall–Kier alpha value is -3.28. The number of rotatable bonds is 3. The van der Waals surface area contributed by atoms with Crippen LogP contribution in [-0.4, -0.2) is 9.97 Å². The summed E-state index contributed by atoms with van der Waals surface area (Å²) >= 11 is 0. The van der Waals surface area contributed by atoms with Gasteiger partial charge in [0.2, 0.25) is 0 Å². The first-order valence-electron chi connectivity index (χ1n) is 7.98. The highest BCUT2D eigenvalue weighted by Crippen LogP contribution is 2.38. The van der Waals surface area contributed by atoms with Gasteiger partial charge in [0.05, 0.1) is 0 Å². The van der Waals surface area contributed by atoms with Gasteiger partial charge < -0.3 is 8.83 Å². The summed E-state index contributed by atoms with van der Waals surface area (Å²) in [7, 11) is 0. The molecule has 130 valence electrons. The zero-order chi connectivity index (χ0) is 18.3. The zero-order valence-corrected chi connectivity index (χ0v) is 14.1. The van der Waals surface area contributed by atoms with Crippen LogP contribution in [0.5, 0.6) is 0 Å². The van der Waals surface area contributed by atoms with Crippen LogP contribution in [-0.2, 0) is 0 Å². The predicted molar refractivity (Wildman–Crippen MR) is 92.3 cm³/mol. The van der Waals surface area contributed by atoms with E-state index in [-0.39, 0.29) is 11.6 Å². The molecule has 0 atom stereocenters. The van der Waals surface area contributed by atoms with E-state index in [1.54, 1.807) is 38.1 Å². The fourth-order valence-electron chi connectivity index (χ4n) is 2.77. The Balaban J connectivity index is 1.89. The van der Waals surface area contributed by atoms with E-state index in [1.807, 2.05) is 0 Å². The Bertz CT molecular complexity index is 977. The van der Waals surface area contributed by atoms with Crippen molar-refractivity contribution in [3.63, 3.8) is 0 Å². The molecule has 0 unspecified atom stereocenters. The maximum atomic E-state index is 13.2. The van der Waals surface area contributed by atoms with Crippen molar-refractivity contribution in [3.8, 4) is 34.0 Å². The van der Waals surface area contributed by atoms with Crippen molar-refractivity contribution in [3.05, 3.63) is 71.9 Å². The SMILES string of the molecule is Cc1nc(-c2ccc(F)cc2)c(-c2oc(C)nc2-c2ccc(F)cc2)o1. The lowest BCUT2D eigenvalue weighted by atomic mass is 10.1. The van der Waals surface area contributed by atoms with E-state index in [0.717, 1.165) is 0 Å². The first-order valence-corrected chi connectivity index (χ1v) is 7.98. The molecular weight excluding hydrogens is 338 g/mol. The molecule has 26 heavy (non-hydrogen) atoms. The Labute approximate surface area is 148 Å². The summed E-state index contributed by atoms with van der Waals surface area (Å²) in [6, 6.07) is 11.9. The third kappa shape index (κ3) is 2.90. The smallest absolute Gasteiger partial charge is 0.200 e. The number of halogens is 2. The van der Waals surface area contributed by atoms with Crippen LogP contribution in [0.4, 0.5) is 8.78 Å². The fourth-order valence-corrected chi connectivity index (χ4v) is 2.77. The van der Waals surface area contributed by atoms with Gasteiger partial charge in [-0.3, -0.25) is 0 Å². The van der Waals surface area contributed by atoms with Gasteiger partial charge in [-0.25, -0.2) is 18.7 Å². The molecule has 0 aliphatic rings. The standard InChI is InChI=1S/C20H14F2N2O2/c1-11-23-17(13-3-7-15(21)8-4-13)19(25-11)20-18(24-12(2)26-20)14-5-9-16(22)10-6-14/h3-10H,1-2H3. The Morgan fingerprint density at radius 3 is 1.31 bits per heavy atom. The van der Waals surface area contributed by atoms with Crippen molar-refractivity contribution >= 4 is 0 Å². The lowest BCUT2D eigenvalue weighted by molar-refractivity contribution is 0.485. The zero-order valence-electron chi connectivity index (χ0n) is 14.1. The summed E-state index contributed by atoms with van der Waals surface area (Å²) < 4.78 is 38.0. The molecule has 0 fully saturated rings. The second kappa shape index (κ2) is 6.22. The van der Waals surface area contributed by atoms with Gasteiger partial charge in [0.1, 0.15) is 23.0 Å². The highest BCUT2D eigenvalue weighted by atomic mass is 19.1. The van der Waals surface area contributed by atoms with Crippen LogP contribution >= 0.6 is 0 Å². The molecule has 4 nitrogen and oxygen atoms in total. The quantitative estimate of drug-likeness (QED) is 0.484. The minimum atomic E-state index is -0.335. The second-order valence-electron chi connectivity index (χ2n) is 5.84. The fraction of sp³-hybridized carbons (Fsp3) is 0.100. The topological polar surface area (TPSA) is 52.1 Å². The minimum absolute atomic E-state index is 0.335. The van der Waals surface area contributed by atoms with E-state index < -0.39 is 0 Å².